The Morgan fingerprint density at radius 2 is 1.85 bits per heavy atom. The number of rotatable bonds is 6. The van der Waals surface area contributed by atoms with Crippen LogP contribution in [0.25, 0.3) is 21.9 Å². The fraction of sp³-hybridized carbons (Fsp3) is 0.444. The summed E-state index contributed by atoms with van der Waals surface area (Å²) in [4.78, 5) is 17.1. The van der Waals surface area contributed by atoms with E-state index in [1.54, 1.807) is 18.3 Å². The molecule has 0 saturated heterocycles. The zero-order valence-corrected chi connectivity index (χ0v) is 19.3. The van der Waals surface area contributed by atoms with Crippen LogP contribution in [0.15, 0.2) is 42.7 Å². The number of nitrogens with zero attached hydrogens (tertiary/aromatic N) is 3. The van der Waals surface area contributed by atoms with E-state index in [4.69, 9.17) is 4.98 Å². The highest BCUT2D eigenvalue weighted by Gasteiger charge is 2.29. The van der Waals surface area contributed by atoms with E-state index < -0.39 is 6.23 Å². The summed E-state index contributed by atoms with van der Waals surface area (Å²) in [6.07, 6.45) is 9.45. The van der Waals surface area contributed by atoms with Crippen LogP contribution in [0.3, 0.4) is 0 Å². The molecule has 176 valence electrons. The van der Waals surface area contributed by atoms with Crippen LogP contribution in [-0.2, 0) is 0 Å². The van der Waals surface area contributed by atoms with E-state index in [-0.39, 0.29) is 5.82 Å². The number of aliphatic hydroxyl groups is 1. The minimum absolute atomic E-state index is 0.206. The second kappa shape index (κ2) is 8.71. The predicted molar refractivity (Wildman–Crippen MR) is 130 cm³/mol. The third-order valence-electron chi connectivity index (χ3n) is 7.75. The zero-order valence-electron chi connectivity index (χ0n) is 19.3. The van der Waals surface area contributed by atoms with Gasteiger partial charge in [-0.15, -0.1) is 0 Å². The lowest BCUT2D eigenvalue weighted by molar-refractivity contribution is 0.132. The molecule has 2 aliphatic carbocycles. The number of H-pyrrole nitrogens is 1. The van der Waals surface area contributed by atoms with Crippen LogP contribution >= 0.6 is 0 Å². The van der Waals surface area contributed by atoms with Gasteiger partial charge in [0.15, 0.2) is 0 Å². The number of aromatic amines is 1. The Kier molecular flexibility index (Phi) is 5.54. The molecule has 3 heterocycles. The quantitative estimate of drug-likeness (QED) is 0.333. The Morgan fingerprint density at radius 3 is 2.65 bits per heavy atom. The van der Waals surface area contributed by atoms with Crippen molar-refractivity contribution in [3.05, 3.63) is 65.6 Å². The fourth-order valence-corrected chi connectivity index (χ4v) is 5.52. The van der Waals surface area contributed by atoms with Crippen LogP contribution in [0.4, 0.5) is 4.39 Å². The van der Waals surface area contributed by atoms with Gasteiger partial charge in [-0.05, 0) is 86.3 Å². The molecule has 3 N–H and O–H groups in total. The number of fused-ring (bicyclic) bond motifs is 2. The molecule has 7 heteroatoms. The van der Waals surface area contributed by atoms with Gasteiger partial charge in [-0.1, -0.05) is 6.92 Å². The monoisotopic (exact) mass is 459 g/mol. The van der Waals surface area contributed by atoms with Crippen molar-refractivity contribution in [3.8, 4) is 0 Å². The van der Waals surface area contributed by atoms with Crippen molar-refractivity contribution >= 4 is 21.9 Å². The summed E-state index contributed by atoms with van der Waals surface area (Å²) < 4.78 is 13.9. The number of nitrogens with one attached hydrogen (secondary N) is 2. The van der Waals surface area contributed by atoms with Crippen LogP contribution in [0.1, 0.15) is 80.6 Å². The topological polar surface area (TPSA) is 86.7 Å². The summed E-state index contributed by atoms with van der Waals surface area (Å²) in [6.45, 7) is 2.25. The smallest absolute Gasteiger partial charge is 0.148 e. The van der Waals surface area contributed by atoms with Gasteiger partial charge < -0.3 is 10.1 Å². The molecule has 34 heavy (non-hydrogen) atoms. The van der Waals surface area contributed by atoms with Gasteiger partial charge in [0, 0.05) is 23.5 Å². The van der Waals surface area contributed by atoms with E-state index in [0.717, 1.165) is 66.3 Å². The van der Waals surface area contributed by atoms with E-state index in [0.29, 0.717) is 29.5 Å². The molecule has 1 aromatic carbocycles. The summed E-state index contributed by atoms with van der Waals surface area (Å²) in [5, 5.41) is 14.5. The molecule has 2 fully saturated rings. The molecule has 3 aromatic heterocycles. The maximum absolute atomic E-state index is 13.9. The average Bonchev–Trinajstić information content (AvgIpc) is 3.57. The lowest BCUT2D eigenvalue weighted by Gasteiger charge is -2.32. The number of aromatic nitrogens is 4. The fourth-order valence-electron chi connectivity index (χ4n) is 5.52. The van der Waals surface area contributed by atoms with Crippen molar-refractivity contribution in [3.63, 3.8) is 0 Å². The molecule has 2 atom stereocenters. The Labute approximate surface area is 198 Å². The minimum Gasteiger partial charge on any atom is -0.373 e. The van der Waals surface area contributed by atoms with Crippen molar-refractivity contribution < 1.29 is 9.50 Å². The maximum atomic E-state index is 13.9. The summed E-state index contributed by atoms with van der Waals surface area (Å²) in [7, 11) is 0. The third kappa shape index (κ3) is 4.18. The van der Waals surface area contributed by atoms with E-state index in [1.165, 1.54) is 11.6 Å². The molecule has 1 unspecified atom stereocenters. The molecular formula is C27H30FN5O. The number of pyridine rings is 2. The minimum atomic E-state index is -0.742. The summed E-state index contributed by atoms with van der Waals surface area (Å²) in [5.74, 6) is 2.05. The van der Waals surface area contributed by atoms with Crippen LogP contribution < -0.4 is 5.32 Å². The molecule has 0 spiro atoms. The molecule has 0 radical (unpaired) electrons. The maximum Gasteiger partial charge on any atom is 0.148 e. The van der Waals surface area contributed by atoms with Gasteiger partial charge in [0.2, 0.25) is 0 Å². The second-order valence-corrected chi connectivity index (χ2v) is 10.1. The van der Waals surface area contributed by atoms with Gasteiger partial charge in [0.05, 0.1) is 22.9 Å². The van der Waals surface area contributed by atoms with E-state index in [9.17, 15) is 9.50 Å². The first kappa shape index (κ1) is 21.6. The van der Waals surface area contributed by atoms with E-state index in [1.807, 2.05) is 12.3 Å². The largest absolute Gasteiger partial charge is 0.373 e. The molecule has 0 amide bonds. The molecule has 0 bridgehead atoms. The van der Waals surface area contributed by atoms with Crippen molar-refractivity contribution in [2.24, 2.45) is 5.92 Å². The first-order valence-electron chi connectivity index (χ1n) is 12.4. The van der Waals surface area contributed by atoms with Gasteiger partial charge in [0.1, 0.15) is 23.4 Å². The highest BCUT2D eigenvalue weighted by molar-refractivity contribution is 5.82. The molecule has 2 saturated carbocycles. The van der Waals surface area contributed by atoms with Crippen LogP contribution in [0.5, 0.6) is 0 Å². The molecule has 6 rings (SSSR count). The zero-order chi connectivity index (χ0) is 23.2. The lowest BCUT2D eigenvalue weighted by atomic mass is 9.73. The number of benzene rings is 1. The Bertz CT molecular complexity index is 1330. The van der Waals surface area contributed by atoms with Gasteiger partial charge in [-0.25, -0.2) is 9.37 Å². The van der Waals surface area contributed by atoms with E-state index in [2.05, 4.69) is 33.3 Å². The number of hydrogen-bond acceptors (Lipinski definition) is 5. The Hall–Kier alpha value is -2.90. The first-order chi connectivity index (χ1) is 16.5. The summed E-state index contributed by atoms with van der Waals surface area (Å²) >= 11 is 0. The molecule has 6 nitrogen and oxygen atoms in total. The Morgan fingerprint density at radius 1 is 1.03 bits per heavy atom. The normalized spacial score (nSPS) is 22.8. The third-order valence-corrected chi connectivity index (χ3v) is 7.75. The number of imidazole rings is 1. The highest BCUT2D eigenvalue weighted by Crippen LogP contribution is 2.43. The van der Waals surface area contributed by atoms with Crippen molar-refractivity contribution in [2.45, 2.75) is 69.6 Å². The van der Waals surface area contributed by atoms with Gasteiger partial charge in [0.25, 0.3) is 0 Å². The summed E-state index contributed by atoms with van der Waals surface area (Å²) in [6, 6.07) is 9.25. The standard InChI is InChI=1S/C27H30FN5O/c1-15(26-32-23-13-24(30-14-25(23)33-26)27(34)31-19-7-8-19)16-2-4-17(5-3-16)20-10-11-29-22-9-6-18(28)12-21(20)22/h6,9-17,19,27,31,34H,2-5,7-8H2,1H3,(H,32,33)/t15-,16-,17+,27?/m1/s1. The van der Waals surface area contributed by atoms with Gasteiger partial charge >= 0.3 is 0 Å². The van der Waals surface area contributed by atoms with Crippen molar-refractivity contribution in [2.75, 3.05) is 0 Å². The number of halogens is 1. The van der Waals surface area contributed by atoms with Crippen molar-refractivity contribution in [1.82, 2.24) is 25.3 Å². The van der Waals surface area contributed by atoms with Gasteiger partial charge in [-0.2, -0.15) is 0 Å². The van der Waals surface area contributed by atoms with Crippen LogP contribution in [0, 0.1) is 11.7 Å². The summed E-state index contributed by atoms with van der Waals surface area (Å²) in [5.41, 5.74) is 4.47. The average molecular weight is 460 g/mol. The molecule has 2 aliphatic rings. The molecule has 4 aromatic rings. The second-order valence-electron chi connectivity index (χ2n) is 10.1. The predicted octanol–water partition coefficient (Wildman–Crippen LogP) is 5.47. The van der Waals surface area contributed by atoms with Crippen LogP contribution in [0.2, 0.25) is 0 Å². The van der Waals surface area contributed by atoms with Crippen molar-refractivity contribution in [1.29, 1.82) is 0 Å². The molecular weight excluding hydrogens is 429 g/mol. The van der Waals surface area contributed by atoms with Gasteiger partial charge in [-0.3, -0.25) is 15.3 Å². The molecule has 0 aliphatic heterocycles. The number of aliphatic hydroxyl groups excluding tert-OH is 1. The first-order valence-corrected chi connectivity index (χ1v) is 12.4. The van der Waals surface area contributed by atoms with Crippen LogP contribution in [-0.4, -0.2) is 31.1 Å². The number of hydrogen-bond donors (Lipinski definition) is 3. The Balaban J connectivity index is 1.16. The van der Waals surface area contributed by atoms with E-state index >= 15 is 0 Å². The lowest BCUT2D eigenvalue weighted by Crippen LogP contribution is -2.23. The SMILES string of the molecule is C[C@@H](c1nc2cnc(C(O)NC3CC3)cc2[nH]1)[C@H]1CC[C@@H](c2ccnc3ccc(F)cc32)CC1. The highest BCUT2D eigenvalue weighted by atomic mass is 19.1.